The zero-order valence-electron chi connectivity index (χ0n) is 13.9. The maximum Gasteiger partial charge on any atom is 0.336 e. The van der Waals surface area contributed by atoms with E-state index in [0.717, 1.165) is 35.5 Å². The normalized spacial score (nSPS) is 14.6. The molecule has 3 aromatic rings. The van der Waals surface area contributed by atoms with Crippen LogP contribution in [0.5, 0.6) is 0 Å². The molecule has 1 fully saturated rings. The Hall–Kier alpha value is -2.95. The lowest BCUT2D eigenvalue weighted by molar-refractivity contribution is 0.0697. The molecule has 1 aliphatic heterocycles. The summed E-state index contributed by atoms with van der Waals surface area (Å²) in [4.78, 5) is 23.1. The van der Waals surface area contributed by atoms with Gasteiger partial charge in [-0.25, -0.2) is 9.78 Å². The maximum absolute atomic E-state index is 11.5. The van der Waals surface area contributed by atoms with Crippen LogP contribution >= 0.6 is 0 Å². The van der Waals surface area contributed by atoms with E-state index in [-0.39, 0.29) is 0 Å². The highest BCUT2D eigenvalue weighted by Crippen LogP contribution is 2.27. The number of carbonyl (C=O) groups is 1. The third-order valence-corrected chi connectivity index (χ3v) is 4.68. The summed E-state index contributed by atoms with van der Waals surface area (Å²) in [6.45, 7) is 2.03. The third-order valence-electron chi connectivity index (χ3n) is 4.68. The minimum absolute atomic E-state index is 0.294. The van der Waals surface area contributed by atoms with Gasteiger partial charge in [-0.1, -0.05) is 24.3 Å². The van der Waals surface area contributed by atoms with Gasteiger partial charge < -0.3 is 10.0 Å². The van der Waals surface area contributed by atoms with Crippen molar-refractivity contribution >= 4 is 22.8 Å². The molecule has 5 heteroatoms. The molecule has 2 heterocycles. The second kappa shape index (κ2) is 6.51. The summed E-state index contributed by atoms with van der Waals surface area (Å²) in [6, 6.07) is 12.8. The minimum atomic E-state index is -0.927. The molecule has 0 spiro atoms. The topological polar surface area (TPSA) is 66.3 Å². The van der Waals surface area contributed by atoms with Crippen molar-refractivity contribution in [1.82, 2.24) is 9.97 Å². The highest BCUT2D eigenvalue weighted by atomic mass is 16.4. The molecule has 1 N–H and O–H groups in total. The molecule has 126 valence electrons. The first-order chi connectivity index (χ1) is 12.2. The molecular weight excluding hydrogens is 314 g/mol. The van der Waals surface area contributed by atoms with Gasteiger partial charge in [0.1, 0.15) is 5.82 Å². The molecule has 0 amide bonds. The van der Waals surface area contributed by atoms with E-state index in [1.165, 1.54) is 19.3 Å². The Bertz CT molecular complexity index is 933. The predicted molar refractivity (Wildman–Crippen MR) is 98.0 cm³/mol. The van der Waals surface area contributed by atoms with E-state index in [1.807, 2.05) is 36.5 Å². The summed E-state index contributed by atoms with van der Waals surface area (Å²) in [7, 11) is 0. The summed E-state index contributed by atoms with van der Waals surface area (Å²) in [6.07, 6.45) is 5.48. The number of aromatic carboxylic acids is 1. The van der Waals surface area contributed by atoms with Crippen molar-refractivity contribution in [1.29, 1.82) is 0 Å². The Morgan fingerprint density at radius 2 is 1.80 bits per heavy atom. The lowest BCUT2D eigenvalue weighted by Gasteiger charge is -2.27. The fourth-order valence-corrected chi connectivity index (χ4v) is 3.37. The fraction of sp³-hybridized carbons (Fsp3) is 0.250. The van der Waals surface area contributed by atoms with Crippen LogP contribution in [0.25, 0.3) is 22.2 Å². The van der Waals surface area contributed by atoms with Crippen LogP contribution in [0.4, 0.5) is 5.82 Å². The van der Waals surface area contributed by atoms with Gasteiger partial charge in [-0.15, -0.1) is 0 Å². The smallest absolute Gasteiger partial charge is 0.336 e. The van der Waals surface area contributed by atoms with Crippen molar-refractivity contribution in [3.05, 3.63) is 54.2 Å². The van der Waals surface area contributed by atoms with Gasteiger partial charge >= 0.3 is 5.97 Å². The van der Waals surface area contributed by atoms with E-state index in [4.69, 9.17) is 4.98 Å². The first-order valence-corrected chi connectivity index (χ1v) is 8.57. The molecule has 0 radical (unpaired) electrons. The molecule has 5 nitrogen and oxygen atoms in total. The SMILES string of the molecule is O=C(O)c1ccccc1-c1ccc2ncc(N3CCCCC3)nc2c1. The van der Waals surface area contributed by atoms with E-state index in [1.54, 1.807) is 12.1 Å². The number of piperidine rings is 1. The average molecular weight is 333 g/mol. The van der Waals surface area contributed by atoms with Gasteiger partial charge in [-0.3, -0.25) is 4.98 Å². The largest absolute Gasteiger partial charge is 0.478 e. The monoisotopic (exact) mass is 333 g/mol. The van der Waals surface area contributed by atoms with Crippen LogP contribution < -0.4 is 4.90 Å². The van der Waals surface area contributed by atoms with Crippen molar-refractivity contribution in [2.24, 2.45) is 0 Å². The molecule has 25 heavy (non-hydrogen) atoms. The van der Waals surface area contributed by atoms with Crippen LogP contribution in [0.2, 0.25) is 0 Å². The van der Waals surface area contributed by atoms with Gasteiger partial charge in [0.05, 0.1) is 22.8 Å². The van der Waals surface area contributed by atoms with Gasteiger partial charge in [0.25, 0.3) is 0 Å². The van der Waals surface area contributed by atoms with Gasteiger partial charge in [0.2, 0.25) is 0 Å². The average Bonchev–Trinajstić information content (AvgIpc) is 2.68. The standard InChI is InChI=1S/C20H19N3O2/c24-20(25)16-7-3-2-6-15(16)14-8-9-17-18(12-14)22-19(13-21-17)23-10-4-1-5-11-23/h2-3,6-9,12-13H,1,4-5,10-11H2,(H,24,25). The van der Waals surface area contributed by atoms with Crippen LogP contribution in [0, 0.1) is 0 Å². The number of anilines is 1. The predicted octanol–water partition coefficient (Wildman–Crippen LogP) is 3.99. The van der Waals surface area contributed by atoms with Crippen molar-refractivity contribution in [2.75, 3.05) is 18.0 Å². The van der Waals surface area contributed by atoms with E-state index in [0.29, 0.717) is 11.1 Å². The molecule has 4 rings (SSSR count). The van der Waals surface area contributed by atoms with Crippen molar-refractivity contribution < 1.29 is 9.90 Å². The van der Waals surface area contributed by atoms with Gasteiger partial charge in [0.15, 0.2) is 0 Å². The quantitative estimate of drug-likeness (QED) is 0.785. The minimum Gasteiger partial charge on any atom is -0.478 e. The third kappa shape index (κ3) is 3.05. The summed E-state index contributed by atoms with van der Waals surface area (Å²) in [5.74, 6) is -0.0280. The zero-order chi connectivity index (χ0) is 17.2. The Kier molecular flexibility index (Phi) is 4.06. The maximum atomic E-state index is 11.5. The Labute approximate surface area is 146 Å². The van der Waals surface area contributed by atoms with Crippen LogP contribution in [0.15, 0.2) is 48.7 Å². The van der Waals surface area contributed by atoms with Crippen LogP contribution in [0.3, 0.4) is 0 Å². The molecule has 2 aromatic carbocycles. The molecule has 0 unspecified atom stereocenters. The van der Waals surface area contributed by atoms with E-state index < -0.39 is 5.97 Å². The molecule has 0 atom stereocenters. The van der Waals surface area contributed by atoms with Gasteiger partial charge in [-0.05, 0) is 48.6 Å². The van der Waals surface area contributed by atoms with E-state index >= 15 is 0 Å². The molecular formula is C20H19N3O2. The molecule has 0 aliphatic carbocycles. The number of hydrogen-bond donors (Lipinski definition) is 1. The van der Waals surface area contributed by atoms with Gasteiger partial charge in [0, 0.05) is 13.1 Å². The Morgan fingerprint density at radius 1 is 1.00 bits per heavy atom. The van der Waals surface area contributed by atoms with Crippen LogP contribution in [-0.4, -0.2) is 34.1 Å². The number of fused-ring (bicyclic) bond motifs is 1. The molecule has 1 saturated heterocycles. The first kappa shape index (κ1) is 15.6. The lowest BCUT2D eigenvalue weighted by atomic mass is 9.99. The Balaban J connectivity index is 1.78. The molecule has 0 bridgehead atoms. The van der Waals surface area contributed by atoms with Crippen molar-refractivity contribution in [3.63, 3.8) is 0 Å². The van der Waals surface area contributed by atoms with Crippen molar-refractivity contribution in [3.8, 4) is 11.1 Å². The summed E-state index contributed by atoms with van der Waals surface area (Å²) in [5.41, 5.74) is 3.44. The fourth-order valence-electron chi connectivity index (χ4n) is 3.37. The number of rotatable bonds is 3. The van der Waals surface area contributed by atoms with Crippen LogP contribution in [0.1, 0.15) is 29.6 Å². The number of benzene rings is 2. The zero-order valence-corrected chi connectivity index (χ0v) is 13.9. The highest BCUT2D eigenvalue weighted by molar-refractivity contribution is 5.97. The van der Waals surface area contributed by atoms with E-state index in [9.17, 15) is 9.90 Å². The number of nitrogens with zero attached hydrogens (tertiary/aromatic N) is 3. The number of carboxylic acids is 1. The van der Waals surface area contributed by atoms with Gasteiger partial charge in [-0.2, -0.15) is 0 Å². The lowest BCUT2D eigenvalue weighted by Crippen LogP contribution is -2.30. The van der Waals surface area contributed by atoms with E-state index in [2.05, 4.69) is 9.88 Å². The second-order valence-corrected chi connectivity index (χ2v) is 6.33. The molecule has 1 aromatic heterocycles. The first-order valence-electron chi connectivity index (χ1n) is 8.57. The van der Waals surface area contributed by atoms with Crippen molar-refractivity contribution in [2.45, 2.75) is 19.3 Å². The Morgan fingerprint density at radius 3 is 2.60 bits per heavy atom. The number of carboxylic acid groups (broad SMARTS) is 1. The summed E-state index contributed by atoms with van der Waals surface area (Å²) in [5, 5.41) is 9.42. The number of aromatic nitrogens is 2. The number of hydrogen-bond acceptors (Lipinski definition) is 4. The second-order valence-electron chi connectivity index (χ2n) is 6.33. The van der Waals surface area contributed by atoms with Crippen LogP contribution in [-0.2, 0) is 0 Å². The highest BCUT2D eigenvalue weighted by Gasteiger charge is 2.14. The molecule has 0 saturated carbocycles. The molecule has 1 aliphatic rings. The summed E-state index contributed by atoms with van der Waals surface area (Å²) < 4.78 is 0. The summed E-state index contributed by atoms with van der Waals surface area (Å²) >= 11 is 0.